The van der Waals surface area contributed by atoms with Crippen LogP contribution >= 0.6 is 11.6 Å². The van der Waals surface area contributed by atoms with Crippen LogP contribution in [0.5, 0.6) is 0 Å². The molecule has 15 heavy (non-hydrogen) atoms. The van der Waals surface area contributed by atoms with Crippen LogP contribution in [0, 0.1) is 17.7 Å². The summed E-state index contributed by atoms with van der Waals surface area (Å²) in [5.74, 6) is 3.77. The topological polar surface area (TPSA) is 37.3 Å². The van der Waals surface area contributed by atoms with Gasteiger partial charge in [-0.15, -0.1) is 11.6 Å². The molecule has 2 nitrogen and oxygen atoms in total. The number of rotatable bonds is 2. The highest BCUT2D eigenvalue weighted by molar-refractivity contribution is 6.18. The minimum atomic E-state index is -1.28. The summed E-state index contributed by atoms with van der Waals surface area (Å²) < 4.78 is 13.1. The average molecular weight is 227 g/mol. The summed E-state index contributed by atoms with van der Waals surface area (Å²) in [4.78, 5) is 10.5. The van der Waals surface area contributed by atoms with Crippen LogP contribution in [0.25, 0.3) is 0 Å². The Bertz CT molecular complexity index is 432. The van der Waals surface area contributed by atoms with Crippen LogP contribution in [0.3, 0.4) is 0 Å². The number of benzene rings is 1. The Morgan fingerprint density at radius 2 is 2.27 bits per heavy atom. The van der Waals surface area contributed by atoms with Crippen molar-refractivity contribution in [1.82, 2.24) is 0 Å². The van der Waals surface area contributed by atoms with Crippen LogP contribution < -0.4 is 0 Å². The van der Waals surface area contributed by atoms with Gasteiger partial charge in [0, 0.05) is 17.9 Å². The molecule has 0 aliphatic heterocycles. The van der Waals surface area contributed by atoms with E-state index in [4.69, 9.17) is 16.7 Å². The van der Waals surface area contributed by atoms with Crippen LogP contribution in [0.2, 0.25) is 0 Å². The second-order valence-corrected chi connectivity index (χ2v) is 3.12. The van der Waals surface area contributed by atoms with Crippen molar-refractivity contribution >= 4 is 17.6 Å². The van der Waals surface area contributed by atoms with E-state index in [1.54, 1.807) is 0 Å². The molecule has 0 spiro atoms. The van der Waals surface area contributed by atoms with E-state index in [9.17, 15) is 9.18 Å². The molecule has 0 aliphatic rings. The number of aromatic carboxylic acids is 1. The summed E-state index contributed by atoms with van der Waals surface area (Å²) >= 11 is 5.41. The SMILES string of the molecule is O=C(O)c1ccc(C#CCCCl)cc1F. The third-order valence-corrected chi connectivity index (χ3v) is 1.84. The van der Waals surface area contributed by atoms with Gasteiger partial charge >= 0.3 is 5.97 Å². The fourth-order valence-electron chi connectivity index (χ4n) is 0.978. The van der Waals surface area contributed by atoms with Gasteiger partial charge in [0.05, 0.1) is 5.56 Å². The van der Waals surface area contributed by atoms with Gasteiger partial charge in [0.2, 0.25) is 0 Å². The molecule has 4 heteroatoms. The monoisotopic (exact) mass is 226 g/mol. The first-order chi connectivity index (χ1) is 7.15. The second kappa shape index (κ2) is 5.38. The average Bonchev–Trinajstić information content (AvgIpc) is 2.17. The fourth-order valence-corrected chi connectivity index (χ4v) is 1.07. The fraction of sp³-hybridized carbons (Fsp3) is 0.182. The van der Waals surface area contributed by atoms with Gasteiger partial charge in [-0.1, -0.05) is 11.8 Å². The van der Waals surface area contributed by atoms with Gasteiger partial charge in [-0.25, -0.2) is 9.18 Å². The van der Waals surface area contributed by atoms with E-state index in [1.165, 1.54) is 12.1 Å². The van der Waals surface area contributed by atoms with Crippen molar-refractivity contribution in [2.45, 2.75) is 6.42 Å². The van der Waals surface area contributed by atoms with Crippen molar-refractivity contribution < 1.29 is 14.3 Å². The molecule has 1 aromatic carbocycles. The summed E-state index contributed by atoms with van der Waals surface area (Å²) in [6, 6.07) is 3.76. The predicted molar refractivity (Wildman–Crippen MR) is 55.6 cm³/mol. The lowest BCUT2D eigenvalue weighted by Gasteiger charge is -1.96. The number of carboxylic acids is 1. The summed E-state index contributed by atoms with van der Waals surface area (Å²) in [6.45, 7) is 0. The largest absolute Gasteiger partial charge is 0.478 e. The van der Waals surface area contributed by atoms with Crippen molar-refractivity contribution in [3.63, 3.8) is 0 Å². The Hall–Kier alpha value is -1.53. The highest BCUT2D eigenvalue weighted by atomic mass is 35.5. The van der Waals surface area contributed by atoms with Gasteiger partial charge in [0.25, 0.3) is 0 Å². The molecule has 0 aliphatic carbocycles. The number of hydrogen-bond donors (Lipinski definition) is 1. The third kappa shape index (κ3) is 3.26. The molecule has 0 amide bonds. The van der Waals surface area contributed by atoms with Crippen LogP contribution in [-0.4, -0.2) is 17.0 Å². The highest BCUT2D eigenvalue weighted by Crippen LogP contribution is 2.09. The van der Waals surface area contributed by atoms with E-state index in [0.717, 1.165) is 6.07 Å². The Labute approximate surface area is 91.7 Å². The van der Waals surface area contributed by atoms with E-state index < -0.39 is 11.8 Å². The van der Waals surface area contributed by atoms with Crippen LogP contribution in [0.1, 0.15) is 22.3 Å². The molecular formula is C11H8ClFO2. The first-order valence-electron chi connectivity index (χ1n) is 4.23. The van der Waals surface area contributed by atoms with Crippen molar-refractivity contribution in [2.75, 3.05) is 5.88 Å². The molecule has 0 aromatic heterocycles. The predicted octanol–water partition coefficient (Wildman–Crippen LogP) is 2.50. The molecule has 0 fully saturated rings. The number of carboxylic acid groups (broad SMARTS) is 1. The zero-order valence-electron chi connectivity index (χ0n) is 7.76. The molecule has 0 unspecified atom stereocenters. The molecule has 1 N–H and O–H groups in total. The van der Waals surface area contributed by atoms with E-state index in [2.05, 4.69) is 11.8 Å². The number of halogens is 2. The van der Waals surface area contributed by atoms with Gasteiger partial charge in [-0.2, -0.15) is 0 Å². The third-order valence-electron chi connectivity index (χ3n) is 1.65. The molecule has 0 heterocycles. The molecule has 0 saturated heterocycles. The summed E-state index contributed by atoms with van der Waals surface area (Å²) in [5, 5.41) is 8.58. The first kappa shape index (κ1) is 11.5. The number of alkyl halides is 1. The maximum atomic E-state index is 13.1. The Morgan fingerprint density at radius 3 is 2.80 bits per heavy atom. The summed E-state index contributed by atoms with van der Waals surface area (Å²) in [5.41, 5.74) is 0.0977. The van der Waals surface area contributed by atoms with Crippen LogP contribution in [0.4, 0.5) is 4.39 Å². The van der Waals surface area contributed by atoms with Crippen LogP contribution in [0.15, 0.2) is 18.2 Å². The normalized spacial score (nSPS) is 9.20. The van der Waals surface area contributed by atoms with E-state index in [-0.39, 0.29) is 5.56 Å². The van der Waals surface area contributed by atoms with Crippen molar-refractivity contribution in [3.8, 4) is 11.8 Å². The quantitative estimate of drug-likeness (QED) is 0.622. The maximum absolute atomic E-state index is 13.1. The molecule has 1 aromatic rings. The molecular weight excluding hydrogens is 219 g/mol. The van der Waals surface area contributed by atoms with Crippen molar-refractivity contribution in [1.29, 1.82) is 0 Å². The van der Waals surface area contributed by atoms with Gasteiger partial charge in [0.1, 0.15) is 5.82 Å². The minimum absolute atomic E-state index is 0.349. The van der Waals surface area contributed by atoms with Crippen molar-refractivity contribution in [3.05, 3.63) is 35.1 Å². The molecule has 0 saturated carbocycles. The zero-order valence-corrected chi connectivity index (χ0v) is 8.51. The number of carbonyl (C=O) groups is 1. The van der Waals surface area contributed by atoms with Gasteiger partial charge < -0.3 is 5.11 Å². The van der Waals surface area contributed by atoms with Gasteiger partial charge in [0.15, 0.2) is 0 Å². The lowest BCUT2D eigenvalue weighted by Crippen LogP contribution is -2.00. The van der Waals surface area contributed by atoms with Gasteiger partial charge in [-0.05, 0) is 18.2 Å². The molecule has 78 valence electrons. The Balaban J connectivity index is 2.93. The Morgan fingerprint density at radius 1 is 1.53 bits per heavy atom. The van der Waals surface area contributed by atoms with Crippen molar-refractivity contribution in [2.24, 2.45) is 0 Å². The van der Waals surface area contributed by atoms with Crippen LogP contribution in [-0.2, 0) is 0 Å². The van der Waals surface area contributed by atoms with E-state index in [0.29, 0.717) is 17.9 Å². The molecule has 1 rings (SSSR count). The smallest absolute Gasteiger partial charge is 0.338 e. The molecule has 0 atom stereocenters. The van der Waals surface area contributed by atoms with E-state index >= 15 is 0 Å². The van der Waals surface area contributed by atoms with E-state index in [1.807, 2.05) is 0 Å². The highest BCUT2D eigenvalue weighted by Gasteiger charge is 2.09. The first-order valence-corrected chi connectivity index (χ1v) is 4.76. The Kier molecular flexibility index (Phi) is 4.14. The van der Waals surface area contributed by atoms with Gasteiger partial charge in [-0.3, -0.25) is 0 Å². The maximum Gasteiger partial charge on any atom is 0.338 e. The zero-order chi connectivity index (χ0) is 11.3. The minimum Gasteiger partial charge on any atom is -0.478 e. The lowest BCUT2D eigenvalue weighted by atomic mass is 10.1. The second-order valence-electron chi connectivity index (χ2n) is 2.74. The standard InChI is InChI=1S/C11H8ClFO2/c12-6-2-1-3-8-4-5-9(11(14)15)10(13)7-8/h4-5,7H,2,6H2,(H,14,15). The number of hydrogen-bond acceptors (Lipinski definition) is 1. The summed E-state index contributed by atoms with van der Waals surface area (Å²) in [7, 11) is 0. The molecule has 0 radical (unpaired) electrons. The molecule has 0 bridgehead atoms. The lowest BCUT2D eigenvalue weighted by molar-refractivity contribution is 0.0692. The summed E-state index contributed by atoms with van der Waals surface area (Å²) in [6.07, 6.45) is 0.518.